The first-order valence-electron chi connectivity index (χ1n) is 4.97. The van der Waals surface area contributed by atoms with Crippen LogP contribution in [0.1, 0.15) is 11.3 Å². The number of halogens is 2. The zero-order valence-electron chi connectivity index (χ0n) is 8.80. The van der Waals surface area contributed by atoms with Crippen LogP contribution < -0.4 is 10.2 Å². The first-order valence-corrected chi connectivity index (χ1v) is 6.64. The van der Waals surface area contributed by atoms with E-state index in [4.69, 9.17) is 0 Å². The van der Waals surface area contributed by atoms with E-state index in [9.17, 15) is 9.18 Å². The van der Waals surface area contributed by atoms with Crippen LogP contribution in [0.15, 0.2) is 32.8 Å². The number of benzene rings is 1. The van der Waals surface area contributed by atoms with E-state index in [1.807, 2.05) is 6.07 Å². The van der Waals surface area contributed by atoms with E-state index in [0.717, 1.165) is 22.6 Å². The molecule has 0 atom stereocenters. The van der Waals surface area contributed by atoms with Crippen molar-refractivity contribution in [2.45, 2.75) is 13.1 Å². The van der Waals surface area contributed by atoms with Crippen molar-refractivity contribution in [3.05, 3.63) is 54.8 Å². The number of aromatic nitrogens is 1. The highest BCUT2D eigenvalue weighted by atomic mass is 79.9. The van der Waals surface area contributed by atoms with Gasteiger partial charge in [0.05, 0.1) is 4.47 Å². The van der Waals surface area contributed by atoms with Gasteiger partial charge in [-0.2, -0.15) is 0 Å². The molecule has 0 aliphatic carbocycles. The molecule has 0 unspecified atom stereocenters. The first-order chi connectivity index (χ1) is 8.16. The highest BCUT2D eigenvalue weighted by molar-refractivity contribution is 9.10. The van der Waals surface area contributed by atoms with Crippen molar-refractivity contribution >= 4 is 27.3 Å². The van der Waals surface area contributed by atoms with Crippen molar-refractivity contribution in [2.75, 3.05) is 0 Å². The second-order valence-corrected chi connectivity index (χ2v) is 5.13. The first kappa shape index (κ1) is 12.5. The summed E-state index contributed by atoms with van der Waals surface area (Å²) >= 11 is 4.34. The zero-order valence-corrected chi connectivity index (χ0v) is 11.2. The smallest absolute Gasteiger partial charge is 0.304 e. The molecular weight excluding hydrogens is 307 g/mol. The van der Waals surface area contributed by atoms with E-state index in [1.54, 1.807) is 11.4 Å². The molecule has 0 aliphatic heterocycles. The molecule has 2 aromatic rings. The average molecular weight is 317 g/mol. The van der Waals surface area contributed by atoms with Crippen LogP contribution in [-0.2, 0) is 13.1 Å². The van der Waals surface area contributed by atoms with Crippen molar-refractivity contribution in [3.63, 3.8) is 0 Å². The lowest BCUT2D eigenvalue weighted by Crippen LogP contribution is -2.14. The molecule has 0 saturated carbocycles. The molecule has 3 nitrogen and oxygen atoms in total. The van der Waals surface area contributed by atoms with Crippen LogP contribution in [0.3, 0.4) is 0 Å². The number of thiazole rings is 1. The van der Waals surface area contributed by atoms with Crippen molar-refractivity contribution in [2.24, 2.45) is 0 Å². The zero-order chi connectivity index (χ0) is 12.3. The van der Waals surface area contributed by atoms with Crippen molar-refractivity contribution in [1.29, 1.82) is 0 Å². The van der Waals surface area contributed by atoms with Gasteiger partial charge < -0.3 is 10.3 Å². The fourth-order valence-corrected chi connectivity index (χ4v) is 2.40. The van der Waals surface area contributed by atoms with Crippen LogP contribution in [0.5, 0.6) is 0 Å². The molecule has 0 fully saturated rings. The molecule has 0 saturated heterocycles. The van der Waals surface area contributed by atoms with Crippen LogP contribution in [0.25, 0.3) is 0 Å². The monoisotopic (exact) mass is 316 g/mol. The van der Waals surface area contributed by atoms with Crippen LogP contribution in [0, 0.1) is 5.82 Å². The molecule has 17 heavy (non-hydrogen) atoms. The molecule has 1 aromatic carbocycles. The Morgan fingerprint density at radius 3 is 2.94 bits per heavy atom. The molecule has 0 bridgehead atoms. The number of aromatic amines is 1. The Hall–Kier alpha value is -0.980. The minimum Gasteiger partial charge on any atom is -0.315 e. The predicted molar refractivity (Wildman–Crippen MR) is 69.6 cm³/mol. The van der Waals surface area contributed by atoms with Crippen molar-refractivity contribution in [1.82, 2.24) is 10.3 Å². The number of hydrogen-bond acceptors (Lipinski definition) is 3. The summed E-state index contributed by atoms with van der Waals surface area (Å²) < 4.78 is 13.7. The number of nitrogens with one attached hydrogen (secondary N) is 2. The van der Waals surface area contributed by atoms with E-state index < -0.39 is 0 Å². The molecule has 2 rings (SSSR count). The molecule has 6 heteroatoms. The summed E-state index contributed by atoms with van der Waals surface area (Å²) in [5.41, 5.74) is 1.69. The van der Waals surface area contributed by atoms with Gasteiger partial charge in [-0.15, -0.1) is 0 Å². The average Bonchev–Trinajstić information content (AvgIpc) is 2.70. The van der Waals surface area contributed by atoms with Gasteiger partial charge in [0, 0.05) is 24.2 Å². The summed E-state index contributed by atoms with van der Waals surface area (Å²) in [4.78, 5) is 13.5. The summed E-state index contributed by atoms with van der Waals surface area (Å²) in [6.07, 6.45) is 0. The van der Waals surface area contributed by atoms with E-state index >= 15 is 0 Å². The minimum absolute atomic E-state index is 0.0614. The lowest BCUT2D eigenvalue weighted by Gasteiger charge is -2.06. The van der Waals surface area contributed by atoms with Gasteiger partial charge in [0.2, 0.25) is 0 Å². The summed E-state index contributed by atoms with van der Waals surface area (Å²) in [5.74, 6) is -0.270. The van der Waals surface area contributed by atoms with Gasteiger partial charge in [-0.05, 0) is 27.6 Å². The van der Waals surface area contributed by atoms with Gasteiger partial charge in [-0.25, -0.2) is 4.39 Å². The second-order valence-electron chi connectivity index (χ2n) is 3.49. The molecule has 0 spiro atoms. The van der Waals surface area contributed by atoms with Crippen LogP contribution in [0.2, 0.25) is 0 Å². The largest absolute Gasteiger partial charge is 0.315 e. The van der Waals surface area contributed by atoms with E-state index in [0.29, 0.717) is 17.6 Å². The second kappa shape index (κ2) is 5.57. The predicted octanol–water partition coefficient (Wildman–Crippen LogP) is 2.63. The highest BCUT2D eigenvalue weighted by Gasteiger charge is 2.04. The maximum atomic E-state index is 13.2. The van der Waals surface area contributed by atoms with Crippen LogP contribution in [0.4, 0.5) is 4.39 Å². The molecule has 1 aromatic heterocycles. The maximum Gasteiger partial charge on any atom is 0.304 e. The number of rotatable bonds is 4. The fourth-order valence-electron chi connectivity index (χ4n) is 1.42. The maximum absolute atomic E-state index is 13.2. The topological polar surface area (TPSA) is 44.9 Å². The van der Waals surface area contributed by atoms with Crippen LogP contribution in [-0.4, -0.2) is 4.98 Å². The molecular formula is C11H10BrFN2OS. The van der Waals surface area contributed by atoms with Gasteiger partial charge in [0.25, 0.3) is 0 Å². The Labute approximate surface area is 110 Å². The lowest BCUT2D eigenvalue weighted by atomic mass is 10.2. The Morgan fingerprint density at radius 1 is 1.41 bits per heavy atom. The third kappa shape index (κ3) is 3.24. The summed E-state index contributed by atoms with van der Waals surface area (Å²) in [5, 5.41) is 4.91. The Balaban J connectivity index is 1.94. The highest BCUT2D eigenvalue weighted by Crippen LogP contribution is 2.20. The van der Waals surface area contributed by atoms with E-state index in [1.165, 1.54) is 6.07 Å². The standard InChI is InChI=1S/C11H10BrFN2OS/c12-10-7(2-1-3-9(10)13)4-14-5-8-6-17-11(16)15-8/h1-3,6,14H,4-5H2,(H,15,16). The molecule has 0 amide bonds. The molecule has 1 heterocycles. The Morgan fingerprint density at radius 2 is 2.24 bits per heavy atom. The third-order valence-corrected chi connectivity index (χ3v) is 3.84. The molecule has 0 aliphatic rings. The van der Waals surface area contributed by atoms with Gasteiger partial charge in [-0.1, -0.05) is 23.5 Å². The molecule has 0 radical (unpaired) electrons. The normalized spacial score (nSPS) is 10.7. The van der Waals surface area contributed by atoms with Gasteiger partial charge in [0.15, 0.2) is 0 Å². The minimum atomic E-state index is -0.270. The van der Waals surface area contributed by atoms with Gasteiger partial charge in [0.1, 0.15) is 5.82 Å². The summed E-state index contributed by atoms with van der Waals surface area (Å²) in [6, 6.07) is 4.92. The Kier molecular flexibility index (Phi) is 4.09. The van der Waals surface area contributed by atoms with E-state index in [2.05, 4.69) is 26.2 Å². The number of H-pyrrole nitrogens is 1. The van der Waals surface area contributed by atoms with Crippen molar-refractivity contribution in [3.8, 4) is 0 Å². The van der Waals surface area contributed by atoms with Crippen molar-refractivity contribution < 1.29 is 4.39 Å². The third-order valence-electron chi connectivity index (χ3n) is 2.23. The molecule has 90 valence electrons. The quantitative estimate of drug-likeness (QED) is 0.910. The van der Waals surface area contributed by atoms with E-state index in [-0.39, 0.29) is 10.7 Å². The van der Waals surface area contributed by atoms with Gasteiger partial charge >= 0.3 is 4.87 Å². The van der Waals surface area contributed by atoms with Crippen LogP contribution >= 0.6 is 27.3 Å². The number of hydrogen-bond donors (Lipinski definition) is 2. The molecule has 2 N–H and O–H groups in total. The Bertz CT molecular complexity index is 567. The lowest BCUT2D eigenvalue weighted by molar-refractivity contribution is 0.611. The summed E-state index contributed by atoms with van der Waals surface area (Å²) in [6.45, 7) is 1.10. The SMILES string of the molecule is O=c1[nH]c(CNCc2cccc(F)c2Br)cs1. The van der Waals surface area contributed by atoms with Gasteiger partial charge in [-0.3, -0.25) is 4.79 Å². The summed E-state index contributed by atoms with van der Waals surface area (Å²) in [7, 11) is 0. The fraction of sp³-hybridized carbons (Fsp3) is 0.182.